The normalized spacial score (nSPS) is 18.0. The molecule has 0 fully saturated rings. The molecule has 0 saturated heterocycles. The van der Waals surface area contributed by atoms with Crippen LogP contribution in [0.15, 0.2) is 11.1 Å². The summed E-state index contributed by atoms with van der Waals surface area (Å²) in [5, 5.41) is 23.5. The fourth-order valence-corrected chi connectivity index (χ4v) is 6.56. The van der Waals surface area contributed by atoms with Crippen LogP contribution in [0.4, 0.5) is 5.00 Å². The second kappa shape index (κ2) is 9.85. The van der Waals surface area contributed by atoms with Crippen molar-refractivity contribution in [1.29, 1.82) is 10.5 Å². The van der Waals surface area contributed by atoms with Crippen LogP contribution in [-0.4, -0.2) is 16.6 Å². The number of carbonyl (C=O) groups excluding carboxylic acids is 1. The first-order valence-electron chi connectivity index (χ1n) is 11.0. The van der Waals surface area contributed by atoms with E-state index in [4.69, 9.17) is 4.98 Å². The van der Waals surface area contributed by atoms with Crippen LogP contribution in [0.5, 0.6) is 0 Å². The average Bonchev–Trinajstić information content (AvgIpc) is 3.08. The van der Waals surface area contributed by atoms with Gasteiger partial charge in [0.15, 0.2) is 0 Å². The number of carbonyl (C=O) groups is 1. The van der Waals surface area contributed by atoms with E-state index in [1.165, 1.54) is 46.4 Å². The summed E-state index contributed by atoms with van der Waals surface area (Å²) in [6.45, 7) is 2.23. The number of nitrogens with one attached hydrogen (secondary N) is 1. The van der Waals surface area contributed by atoms with E-state index in [1.807, 2.05) is 6.07 Å². The molecule has 0 saturated carbocycles. The molecular weight excluding hydrogens is 424 g/mol. The third-order valence-corrected chi connectivity index (χ3v) is 8.26. The Morgan fingerprint density at radius 1 is 1.23 bits per heavy atom. The molecule has 0 aliphatic heterocycles. The van der Waals surface area contributed by atoms with Crippen LogP contribution in [0.25, 0.3) is 0 Å². The number of hydrogen-bond acceptors (Lipinski definition) is 6. The van der Waals surface area contributed by atoms with Gasteiger partial charge in [0.1, 0.15) is 22.2 Å². The second-order valence-corrected chi connectivity index (χ2v) is 10.5. The summed E-state index contributed by atoms with van der Waals surface area (Å²) in [4.78, 5) is 18.7. The van der Waals surface area contributed by atoms with Crippen LogP contribution in [-0.2, 0) is 30.5 Å². The van der Waals surface area contributed by atoms with Crippen LogP contribution in [0.1, 0.15) is 71.9 Å². The van der Waals surface area contributed by atoms with Gasteiger partial charge in [0.2, 0.25) is 5.91 Å². The van der Waals surface area contributed by atoms with Crippen LogP contribution in [0, 0.1) is 28.6 Å². The van der Waals surface area contributed by atoms with E-state index >= 15 is 0 Å². The summed E-state index contributed by atoms with van der Waals surface area (Å²) in [5.41, 5.74) is 4.55. The lowest BCUT2D eigenvalue weighted by molar-refractivity contribution is -0.113. The lowest BCUT2D eigenvalue weighted by Crippen LogP contribution is -2.14. The Kier molecular flexibility index (Phi) is 6.95. The largest absolute Gasteiger partial charge is 0.316 e. The predicted molar refractivity (Wildman–Crippen MR) is 124 cm³/mol. The van der Waals surface area contributed by atoms with Crippen LogP contribution in [0.3, 0.4) is 0 Å². The number of thioether (sulfide) groups is 1. The van der Waals surface area contributed by atoms with Crippen LogP contribution >= 0.6 is 23.1 Å². The van der Waals surface area contributed by atoms with E-state index in [9.17, 15) is 15.3 Å². The number of amides is 1. The van der Waals surface area contributed by atoms with Crippen molar-refractivity contribution in [1.82, 2.24) is 4.98 Å². The minimum absolute atomic E-state index is 0.162. The number of nitrogens with zero attached hydrogens (tertiary/aromatic N) is 3. The van der Waals surface area contributed by atoms with E-state index in [0.717, 1.165) is 56.2 Å². The van der Waals surface area contributed by atoms with Crippen molar-refractivity contribution in [2.75, 3.05) is 11.1 Å². The number of hydrogen-bond donors (Lipinski definition) is 1. The molecule has 0 spiro atoms. The predicted octanol–water partition coefficient (Wildman–Crippen LogP) is 5.40. The summed E-state index contributed by atoms with van der Waals surface area (Å²) < 4.78 is 0. The van der Waals surface area contributed by atoms with E-state index in [0.29, 0.717) is 27.1 Å². The van der Waals surface area contributed by atoms with Crippen molar-refractivity contribution in [3.63, 3.8) is 0 Å². The summed E-state index contributed by atoms with van der Waals surface area (Å²) >= 11 is 2.85. The van der Waals surface area contributed by atoms with Gasteiger partial charge in [-0.2, -0.15) is 10.5 Å². The summed E-state index contributed by atoms with van der Waals surface area (Å²) in [7, 11) is 0. The maximum atomic E-state index is 12.7. The third kappa shape index (κ3) is 4.95. The fourth-order valence-electron chi connectivity index (χ4n) is 4.41. The van der Waals surface area contributed by atoms with Crippen LogP contribution in [0.2, 0.25) is 0 Å². The molecule has 2 heterocycles. The number of thiophene rings is 1. The molecule has 0 unspecified atom stereocenters. The van der Waals surface area contributed by atoms with Crippen molar-refractivity contribution in [3.8, 4) is 12.1 Å². The molecule has 1 atom stereocenters. The lowest BCUT2D eigenvalue weighted by Gasteiger charge is -2.17. The van der Waals surface area contributed by atoms with Gasteiger partial charge in [0.05, 0.1) is 16.9 Å². The molecule has 2 aliphatic carbocycles. The Bertz CT molecular complexity index is 1080. The number of fused-ring (bicyclic) bond motifs is 2. The highest BCUT2D eigenvalue weighted by atomic mass is 32.2. The molecule has 7 heteroatoms. The monoisotopic (exact) mass is 450 g/mol. The molecule has 2 aliphatic rings. The topological polar surface area (TPSA) is 89.6 Å². The number of rotatable bonds is 4. The third-order valence-electron chi connectivity index (χ3n) is 6.10. The highest BCUT2D eigenvalue weighted by Gasteiger charge is 2.25. The smallest absolute Gasteiger partial charge is 0.235 e. The van der Waals surface area contributed by atoms with Gasteiger partial charge in [0.25, 0.3) is 0 Å². The van der Waals surface area contributed by atoms with E-state index in [1.54, 1.807) is 0 Å². The Hall–Kier alpha value is -2.35. The SMILES string of the molecule is C[C@H]1CCc2c(sc(NC(=O)CSc3nc4c(cc3C#N)CCCCCC4)c2C#N)C1. The number of aryl methyl sites for hydroxylation is 2. The first-order chi connectivity index (χ1) is 15.1. The van der Waals surface area contributed by atoms with Gasteiger partial charge in [-0.15, -0.1) is 11.3 Å². The zero-order valence-corrected chi connectivity index (χ0v) is 19.4. The lowest BCUT2D eigenvalue weighted by atomic mass is 9.89. The molecule has 5 nitrogen and oxygen atoms in total. The van der Waals surface area contributed by atoms with Crippen molar-refractivity contribution >= 4 is 34.0 Å². The molecule has 0 aromatic carbocycles. The van der Waals surface area contributed by atoms with Crippen LogP contribution < -0.4 is 5.32 Å². The van der Waals surface area contributed by atoms with Gasteiger partial charge >= 0.3 is 0 Å². The highest BCUT2D eigenvalue weighted by Crippen LogP contribution is 2.39. The highest BCUT2D eigenvalue weighted by molar-refractivity contribution is 8.00. The molecule has 1 N–H and O–H groups in total. The number of anilines is 1. The number of pyridine rings is 1. The summed E-state index contributed by atoms with van der Waals surface area (Å²) in [5.74, 6) is 0.625. The molecule has 1 amide bonds. The first-order valence-corrected chi connectivity index (χ1v) is 12.8. The van der Waals surface area contributed by atoms with Crippen molar-refractivity contribution in [2.45, 2.75) is 69.7 Å². The molecule has 2 aromatic rings. The Balaban J connectivity index is 1.47. The minimum atomic E-state index is -0.162. The molecule has 160 valence electrons. The quantitative estimate of drug-likeness (QED) is 0.630. The molecule has 0 radical (unpaired) electrons. The van der Waals surface area contributed by atoms with Crippen molar-refractivity contribution in [3.05, 3.63) is 38.9 Å². The zero-order chi connectivity index (χ0) is 21.8. The average molecular weight is 451 g/mol. The van der Waals surface area contributed by atoms with Gasteiger partial charge in [-0.05, 0) is 68.1 Å². The molecule has 0 bridgehead atoms. The van der Waals surface area contributed by atoms with Gasteiger partial charge < -0.3 is 5.32 Å². The van der Waals surface area contributed by atoms with Crippen molar-refractivity contribution in [2.24, 2.45) is 5.92 Å². The van der Waals surface area contributed by atoms with Gasteiger partial charge in [-0.1, -0.05) is 31.5 Å². The molecule has 2 aromatic heterocycles. The maximum Gasteiger partial charge on any atom is 0.235 e. The molecular formula is C24H26N4OS2. The Labute approximate surface area is 191 Å². The Morgan fingerprint density at radius 2 is 2.03 bits per heavy atom. The summed E-state index contributed by atoms with van der Waals surface area (Å²) in [6, 6.07) is 6.52. The van der Waals surface area contributed by atoms with Gasteiger partial charge in [0, 0.05) is 10.6 Å². The first kappa shape index (κ1) is 21.9. The Morgan fingerprint density at radius 3 is 2.81 bits per heavy atom. The number of aromatic nitrogens is 1. The van der Waals surface area contributed by atoms with E-state index in [-0.39, 0.29) is 11.7 Å². The van der Waals surface area contributed by atoms with E-state index < -0.39 is 0 Å². The maximum absolute atomic E-state index is 12.7. The minimum Gasteiger partial charge on any atom is -0.316 e. The number of nitriles is 2. The second-order valence-electron chi connectivity index (χ2n) is 8.48. The molecule has 4 rings (SSSR count). The molecule has 31 heavy (non-hydrogen) atoms. The van der Waals surface area contributed by atoms with Gasteiger partial charge in [-0.25, -0.2) is 4.98 Å². The van der Waals surface area contributed by atoms with Crippen molar-refractivity contribution < 1.29 is 4.79 Å². The summed E-state index contributed by atoms with van der Waals surface area (Å²) in [6.07, 6.45) is 9.59. The van der Waals surface area contributed by atoms with Gasteiger partial charge in [-0.3, -0.25) is 4.79 Å². The zero-order valence-electron chi connectivity index (χ0n) is 17.8. The van der Waals surface area contributed by atoms with E-state index in [2.05, 4.69) is 24.4 Å². The fraction of sp³-hybridized carbons (Fsp3) is 0.500. The standard InChI is InChI=1S/C24H26N4OS2/c1-15-8-9-18-19(13-26)24(31-21(18)10-15)28-22(29)14-30-23-17(12-25)11-16-6-4-2-3-5-7-20(16)27-23/h11,15H,2-10,14H2,1H3,(H,28,29)/t15-/m0/s1.